The first-order valence-corrected chi connectivity index (χ1v) is 12.0. The zero-order valence-corrected chi connectivity index (χ0v) is 20.3. The summed E-state index contributed by atoms with van der Waals surface area (Å²) in [5.41, 5.74) is 2.93. The molecular weight excluding hydrogens is 437 g/mol. The zero-order valence-electron chi connectivity index (χ0n) is 19.5. The molecular formula is C26H30FN3O2S. The van der Waals surface area contributed by atoms with Gasteiger partial charge in [0.15, 0.2) is 5.16 Å². The number of thioether (sulfide) groups is 1. The minimum atomic E-state index is -0.360. The Kier molecular flexibility index (Phi) is 8.44. The molecule has 0 bridgehead atoms. The predicted molar refractivity (Wildman–Crippen MR) is 131 cm³/mol. The summed E-state index contributed by atoms with van der Waals surface area (Å²) < 4.78 is 14.7. The molecule has 2 aromatic carbocycles. The van der Waals surface area contributed by atoms with Gasteiger partial charge >= 0.3 is 0 Å². The Morgan fingerprint density at radius 1 is 1.15 bits per heavy atom. The zero-order chi connectivity index (χ0) is 24.0. The van der Waals surface area contributed by atoms with Gasteiger partial charge in [0.05, 0.1) is 11.3 Å². The number of hydrogen-bond donors (Lipinski definition) is 1. The van der Waals surface area contributed by atoms with Crippen molar-refractivity contribution < 1.29 is 9.18 Å². The lowest BCUT2D eigenvalue weighted by atomic mass is 10.1. The smallest absolute Gasteiger partial charge is 0.257 e. The van der Waals surface area contributed by atoms with E-state index in [9.17, 15) is 14.0 Å². The molecule has 1 aromatic heterocycles. The second kappa shape index (κ2) is 11.3. The van der Waals surface area contributed by atoms with Gasteiger partial charge in [0.25, 0.3) is 5.56 Å². The van der Waals surface area contributed by atoms with Crippen molar-refractivity contribution in [2.45, 2.75) is 56.5 Å². The summed E-state index contributed by atoms with van der Waals surface area (Å²) in [6.07, 6.45) is 1.88. The van der Waals surface area contributed by atoms with E-state index < -0.39 is 0 Å². The van der Waals surface area contributed by atoms with Crippen molar-refractivity contribution in [3.8, 4) is 0 Å². The van der Waals surface area contributed by atoms with Gasteiger partial charge in [-0.3, -0.25) is 14.2 Å². The van der Waals surface area contributed by atoms with Crippen molar-refractivity contribution in [3.63, 3.8) is 0 Å². The number of aromatic nitrogens is 2. The van der Waals surface area contributed by atoms with Crippen molar-refractivity contribution in [3.05, 3.63) is 93.2 Å². The molecule has 1 heterocycles. The molecule has 1 N–H and O–H groups in total. The fourth-order valence-electron chi connectivity index (χ4n) is 3.61. The van der Waals surface area contributed by atoms with Crippen LogP contribution in [0.2, 0.25) is 0 Å². The molecule has 174 valence electrons. The standard InChI is InChI=1S/C26H30FN3O2S/c1-5-9-23(24(31)28-17(2)20-10-7-6-8-11-20)33-26-29-18(3)22(25(32)30(26)4)16-19-12-14-21(27)15-13-19/h6-8,10-15,17,23H,5,9,16H2,1-4H3,(H,28,31). The number of benzene rings is 2. The van der Waals surface area contributed by atoms with Crippen LogP contribution in [0.5, 0.6) is 0 Å². The minimum absolute atomic E-state index is 0.0690. The summed E-state index contributed by atoms with van der Waals surface area (Å²) in [5.74, 6) is -0.379. The van der Waals surface area contributed by atoms with Crippen LogP contribution in [0.1, 0.15) is 55.1 Å². The summed E-state index contributed by atoms with van der Waals surface area (Å²) in [6, 6.07) is 15.8. The summed E-state index contributed by atoms with van der Waals surface area (Å²) in [7, 11) is 1.68. The van der Waals surface area contributed by atoms with Crippen LogP contribution in [-0.4, -0.2) is 20.7 Å². The van der Waals surface area contributed by atoms with Crippen molar-refractivity contribution >= 4 is 17.7 Å². The van der Waals surface area contributed by atoms with Gasteiger partial charge in [0.1, 0.15) is 5.82 Å². The molecule has 0 aliphatic carbocycles. The van der Waals surface area contributed by atoms with Crippen molar-refractivity contribution in [1.29, 1.82) is 0 Å². The molecule has 0 aliphatic heterocycles. The van der Waals surface area contributed by atoms with E-state index in [-0.39, 0.29) is 28.6 Å². The Morgan fingerprint density at radius 2 is 1.82 bits per heavy atom. The van der Waals surface area contributed by atoms with Crippen molar-refractivity contribution in [1.82, 2.24) is 14.9 Å². The van der Waals surface area contributed by atoms with Crippen molar-refractivity contribution in [2.24, 2.45) is 7.05 Å². The van der Waals surface area contributed by atoms with E-state index in [4.69, 9.17) is 0 Å². The lowest BCUT2D eigenvalue weighted by molar-refractivity contribution is -0.121. The van der Waals surface area contributed by atoms with Gasteiger partial charge in [0, 0.05) is 24.7 Å². The highest BCUT2D eigenvalue weighted by Crippen LogP contribution is 2.26. The van der Waals surface area contributed by atoms with Crippen LogP contribution >= 0.6 is 11.8 Å². The summed E-state index contributed by atoms with van der Waals surface area (Å²) >= 11 is 1.32. The molecule has 3 aromatic rings. The third-order valence-electron chi connectivity index (χ3n) is 5.59. The fraction of sp³-hybridized carbons (Fsp3) is 0.346. The van der Waals surface area contributed by atoms with Crippen LogP contribution in [0.3, 0.4) is 0 Å². The molecule has 0 fully saturated rings. The third-order valence-corrected chi connectivity index (χ3v) is 6.90. The monoisotopic (exact) mass is 467 g/mol. The summed E-state index contributed by atoms with van der Waals surface area (Å²) in [4.78, 5) is 30.8. The number of nitrogens with zero attached hydrogens (tertiary/aromatic N) is 2. The lowest BCUT2D eigenvalue weighted by Crippen LogP contribution is -2.35. The van der Waals surface area contributed by atoms with E-state index >= 15 is 0 Å². The summed E-state index contributed by atoms with van der Waals surface area (Å²) in [6.45, 7) is 5.80. The van der Waals surface area contributed by atoms with Gasteiger partial charge in [-0.2, -0.15) is 0 Å². The molecule has 7 heteroatoms. The molecule has 0 radical (unpaired) electrons. The maximum Gasteiger partial charge on any atom is 0.257 e. The van der Waals surface area contributed by atoms with Gasteiger partial charge < -0.3 is 5.32 Å². The Balaban J connectivity index is 1.79. The van der Waals surface area contributed by atoms with Crippen LogP contribution in [0.25, 0.3) is 0 Å². The van der Waals surface area contributed by atoms with Gasteiger partial charge in [0.2, 0.25) is 5.91 Å². The number of carbonyl (C=O) groups excluding carboxylic acids is 1. The highest BCUT2D eigenvalue weighted by molar-refractivity contribution is 8.00. The first kappa shape index (κ1) is 24.7. The first-order valence-electron chi connectivity index (χ1n) is 11.1. The SMILES string of the molecule is CCCC(Sc1nc(C)c(Cc2ccc(F)cc2)c(=O)n1C)C(=O)NC(C)c1ccccc1. The molecule has 0 saturated heterocycles. The number of hydrogen-bond acceptors (Lipinski definition) is 4. The van der Waals surface area contributed by atoms with E-state index in [1.54, 1.807) is 26.1 Å². The Morgan fingerprint density at radius 3 is 2.45 bits per heavy atom. The highest BCUT2D eigenvalue weighted by Gasteiger charge is 2.24. The van der Waals surface area contributed by atoms with Gasteiger partial charge in [-0.15, -0.1) is 0 Å². The molecule has 5 nitrogen and oxygen atoms in total. The normalized spacial score (nSPS) is 12.9. The average molecular weight is 468 g/mol. The molecule has 33 heavy (non-hydrogen) atoms. The molecule has 2 unspecified atom stereocenters. The second-order valence-corrected chi connectivity index (χ2v) is 9.33. The number of carbonyl (C=O) groups is 1. The quantitative estimate of drug-likeness (QED) is 0.357. The molecule has 0 saturated carbocycles. The fourth-order valence-corrected chi connectivity index (χ4v) is 4.82. The maximum atomic E-state index is 13.2. The molecule has 0 spiro atoms. The van der Waals surface area contributed by atoms with Crippen LogP contribution in [0.15, 0.2) is 64.5 Å². The highest BCUT2D eigenvalue weighted by atomic mass is 32.2. The Hall–Kier alpha value is -2.93. The minimum Gasteiger partial charge on any atom is -0.349 e. The summed E-state index contributed by atoms with van der Waals surface area (Å²) in [5, 5.41) is 3.25. The third kappa shape index (κ3) is 6.32. The predicted octanol–water partition coefficient (Wildman–Crippen LogP) is 4.96. The van der Waals surface area contributed by atoms with E-state index in [1.807, 2.05) is 44.2 Å². The number of rotatable bonds is 9. The average Bonchev–Trinajstić information content (AvgIpc) is 2.81. The first-order chi connectivity index (χ1) is 15.8. The number of aryl methyl sites for hydroxylation is 1. The van der Waals surface area contributed by atoms with E-state index in [1.165, 1.54) is 28.5 Å². The topological polar surface area (TPSA) is 64.0 Å². The maximum absolute atomic E-state index is 13.2. The van der Waals surface area contributed by atoms with Crippen molar-refractivity contribution in [2.75, 3.05) is 0 Å². The molecule has 1 amide bonds. The molecule has 0 aliphatic rings. The lowest BCUT2D eigenvalue weighted by Gasteiger charge is -2.21. The Labute approximate surface area is 198 Å². The number of amides is 1. The van der Waals surface area contributed by atoms with Crippen LogP contribution in [-0.2, 0) is 18.3 Å². The number of halogens is 1. The second-order valence-electron chi connectivity index (χ2n) is 8.16. The van der Waals surface area contributed by atoms with Crippen LogP contribution in [0, 0.1) is 12.7 Å². The molecule has 3 rings (SSSR count). The van der Waals surface area contributed by atoms with Gasteiger partial charge in [-0.25, -0.2) is 9.37 Å². The van der Waals surface area contributed by atoms with Gasteiger partial charge in [-0.1, -0.05) is 67.6 Å². The van der Waals surface area contributed by atoms with Crippen LogP contribution < -0.4 is 10.9 Å². The van der Waals surface area contributed by atoms with E-state index in [2.05, 4.69) is 10.3 Å². The van der Waals surface area contributed by atoms with E-state index in [0.29, 0.717) is 29.3 Å². The van der Waals surface area contributed by atoms with E-state index in [0.717, 1.165) is 17.5 Å². The van der Waals surface area contributed by atoms with Crippen LogP contribution in [0.4, 0.5) is 4.39 Å². The van der Waals surface area contributed by atoms with Gasteiger partial charge in [-0.05, 0) is 43.5 Å². The Bertz CT molecular complexity index is 1150. The largest absolute Gasteiger partial charge is 0.349 e. The molecule has 2 atom stereocenters. The number of nitrogens with one attached hydrogen (secondary N) is 1.